The van der Waals surface area contributed by atoms with E-state index in [-0.39, 0.29) is 0 Å². The normalized spacial score (nSPS) is 8.22. The van der Waals surface area contributed by atoms with Crippen LogP contribution in [0.3, 0.4) is 0 Å². The molecule has 0 bridgehead atoms. The second-order valence-electron chi connectivity index (χ2n) is 1.18. The van der Waals surface area contributed by atoms with Gasteiger partial charge >= 0.3 is 6.03 Å². The first kappa shape index (κ1) is 7.86. The van der Waals surface area contributed by atoms with Crippen molar-refractivity contribution in [2.24, 2.45) is 5.84 Å². The smallest absolute Gasteiger partial charge is 0.335 e. The van der Waals surface area contributed by atoms with Crippen molar-refractivity contribution in [2.45, 2.75) is 0 Å². The van der Waals surface area contributed by atoms with Crippen LogP contribution in [0.4, 0.5) is 4.79 Å². The second kappa shape index (κ2) is 3.81. The Morgan fingerprint density at radius 3 is 2.44 bits per heavy atom. The molecular weight excluding hydrogens is 126 g/mol. The molecule has 0 fully saturated rings. The molecule has 52 valence electrons. The molecule has 6 nitrogen and oxygen atoms in total. The molecule has 0 radical (unpaired) electrons. The number of hydrogen-bond donors (Lipinski definition) is 4. The molecule has 0 aromatic rings. The predicted octanol–water partition coefficient (Wildman–Crippen LogP) is -2.32. The van der Waals surface area contributed by atoms with Crippen LogP contribution in [-0.4, -0.2) is 23.7 Å². The van der Waals surface area contributed by atoms with E-state index in [1.807, 2.05) is 0 Å². The quantitative estimate of drug-likeness (QED) is 0.183. The molecular formula is C3H7N3O3. The number of imide groups is 1. The number of nitrogens with two attached hydrogens (primary N) is 1. The highest BCUT2D eigenvalue weighted by Crippen LogP contribution is 1.61. The number of rotatable bonds is 1. The average molecular weight is 133 g/mol. The van der Waals surface area contributed by atoms with Gasteiger partial charge in [-0.2, -0.15) is 0 Å². The Bertz CT molecular complexity index is 109. The fourth-order valence-corrected chi connectivity index (χ4v) is 0.202. The van der Waals surface area contributed by atoms with Crippen LogP contribution in [-0.2, 0) is 4.79 Å². The van der Waals surface area contributed by atoms with E-state index >= 15 is 0 Å². The van der Waals surface area contributed by atoms with Gasteiger partial charge in [-0.25, -0.2) is 10.6 Å². The lowest BCUT2D eigenvalue weighted by Gasteiger charge is -1.97. The lowest BCUT2D eigenvalue weighted by atomic mass is 10.6. The molecule has 0 saturated carbocycles. The van der Waals surface area contributed by atoms with Crippen molar-refractivity contribution in [3.8, 4) is 0 Å². The largest absolute Gasteiger partial charge is 0.387 e. The van der Waals surface area contributed by atoms with Crippen LogP contribution in [0.2, 0.25) is 0 Å². The van der Waals surface area contributed by atoms with E-state index in [0.717, 1.165) is 0 Å². The molecule has 3 amide bonds. The van der Waals surface area contributed by atoms with Crippen LogP contribution >= 0.6 is 0 Å². The average Bonchev–Trinajstić information content (AvgIpc) is 1.87. The van der Waals surface area contributed by atoms with Gasteiger partial charge in [0.15, 0.2) is 0 Å². The van der Waals surface area contributed by atoms with Gasteiger partial charge in [0.1, 0.15) is 6.61 Å². The predicted molar refractivity (Wildman–Crippen MR) is 27.9 cm³/mol. The first-order chi connectivity index (χ1) is 4.20. The number of hydrazine groups is 1. The third-order valence-electron chi connectivity index (χ3n) is 0.528. The van der Waals surface area contributed by atoms with Crippen molar-refractivity contribution < 1.29 is 14.7 Å². The highest BCUT2D eigenvalue weighted by atomic mass is 16.3. The summed E-state index contributed by atoms with van der Waals surface area (Å²) in [5, 5.41) is 9.76. The molecule has 0 aliphatic carbocycles. The van der Waals surface area contributed by atoms with Gasteiger partial charge in [0.25, 0.3) is 5.91 Å². The Morgan fingerprint density at radius 1 is 1.56 bits per heavy atom. The lowest BCUT2D eigenvalue weighted by molar-refractivity contribution is -0.122. The third kappa shape index (κ3) is 3.44. The lowest BCUT2D eigenvalue weighted by Crippen LogP contribution is -2.43. The van der Waals surface area contributed by atoms with Gasteiger partial charge in [-0.15, -0.1) is 0 Å². The number of nitrogens with one attached hydrogen (secondary N) is 2. The Hall–Kier alpha value is -1.14. The zero-order valence-electron chi connectivity index (χ0n) is 4.55. The number of hydrogen-bond acceptors (Lipinski definition) is 4. The summed E-state index contributed by atoms with van der Waals surface area (Å²) in [6, 6.07) is -0.839. The summed E-state index contributed by atoms with van der Waals surface area (Å²) in [4.78, 5) is 20.2. The van der Waals surface area contributed by atoms with Gasteiger partial charge in [-0.1, -0.05) is 0 Å². The number of carbonyl (C=O) groups excluding carboxylic acids is 2. The summed E-state index contributed by atoms with van der Waals surface area (Å²) in [6.07, 6.45) is 0. The van der Waals surface area contributed by atoms with Crippen LogP contribution in [0.1, 0.15) is 0 Å². The van der Waals surface area contributed by atoms with Crippen molar-refractivity contribution in [2.75, 3.05) is 6.61 Å². The van der Waals surface area contributed by atoms with E-state index in [1.165, 1.54) is 0 Å². The van der Waals surface area contributed by atoms with Crippen LogP contribution in [0, 0.1) is 0 Å². The molecule has 0 saturated heterocycles. The van der Waals surface area contributed by atoms with E-state index in [9.17, 15) is 9.59 Å². The van der Waals surface area contributed by atoms with Crippen molar-refractivity contribution in [3.63, 3.8) is 0 Å². The Kier molecular flexibility index (Phi) is 3.33. The fourth-order valence-electron chi connectivity index (χ4n) is 0.202. The fraction of sp³-hybridized carbons (Fsp3) is 0.333. The van der Waals surface area contributed by atoms with E-state index in [1.54, 1.807) is 10.7 Å². The maximum atomic E-state index is 10.1. The van der Waals surface area contributed by atoms with Crippen molar-refractivity contribution >= 4 is 11.9 Å². The molecule has 0 aromatic heterocycles. The molecule has 0 aromatic carbocycles. The van der Waals surface area contributed by atoms with Gasteiger partial charge in [0.05, 0.1) is 0 Å². The van der Waals surface area contributed by atoms with Gasteiger partial charge in [-0.05, 0) is 0 Å². The number of aliphatic hydroxyl groups excluding tert-OH is 1. The molecule has 0 heterocycles. The van der Waals surface area contributed by atoms with E-state index < -0.39 is 18.5 Å². The van der Waals surface area contributed by atoms with Crippen LogP contribution < -0.4 is 16.6 Å². The number of amides is 3. The molecule has 0 unspecified atom stereocenters. The minimum absolute atomic E-state index is 0.729. The molecule has 0 aliphatic heterocycles. The molecule has 0 rings (SSSR count). The van der Waals surface area contributed by atoms with Crippen molar-refractivity contribution in [1.29, 1.82) is 0 Å². The molecule has 5 N–H and O–H groups in total. The summed E-state index contributed by atoms with van der Waals surface area (Å²) in [5.74, 6) is 3.79. The highest BCUT2D eigenvalue weighted by Gasteiger charge is 2.01. The highest BCUT2D eigenvalue weighted by molar-refractivity contribution is 5.94. The molecule has 9 heavy (non-hydrogen) atoms. The van der Waals surface area contributed by atoms with Crippen molar-refractivity contribution in [1.82, 2.24) is 10.7 Å². The molecule has 0 aliphatic rings. The number of urea groups is 1. The summed E-state index contributed by atoms with van der Waals surface area (Å²) >= 11 is 0. The SMILES string of the molecule is NNC(=O)NC(=O)CO. The number of carbonyl (C=O) groups is 2. The van der Waals surface area contributed by atoms with Crippen molar-refractivity contribution in [3.05, 3.63) is 0 Å². The van der Waals surface area contributed by atoms with Crippen LogP contribution in [0.25, 0.3) is 0 Å². The van der Waals surface area contributed by atoms with Crippen LogP contribution in [0.5, 0.6) is 0 Å². The minimum Gasteiger partial charge on any atom is -0.387 e. The van der Waals surface area contributed by atoms with Gasteiger partial charge in [-0.3, -0.25) is 15.5 Å². The van der Waals surface area contributed by atoms with Crippen LogP contribution in [0.15, 0.2) is 0 Å². The summed E-state index contributed by atoms with van der Waals surface area (Å²) in [5.41, 5.74) is 1.65. The van der Waals surface area contributed by atoms with Gasteiger partial charge in [0.2, 0.25) is 0 Å². The Morgan fingerprint density at radius 2 is 2.11 bits per heavy atom. The van der Waals surface area contributed by atoms with E-state index in [0.29, 0.717) is 0 Å². The maximum absolute atomic E-state index is 10.1. The first-order valence-corrected chi connectivity index (χ1v) is 2.12. The van der Waals surface area contributed by atoms with Gasteiger partial charge < -0.3 is 5.11 Å². The van der Waals surface area contributed by atoms with Gasteiger partial charge in [0, 0.05) is 0 Å². The zero-order chi connectivity index (χ0) is 7.28. The first-order valence-electron chi connectivity index (χ1n) is 2.12. The molecule has 0 atom stereocenters. The third-order valence-corrected chi connectivity index (χ3v) is 0.528. The second-order valence-corrected chi connectivity index (χ2v) is 1.18. The Labute approximate surface area is 51.0 Å². The summed E-state index contributed by atoms with van der Waals surface area (Å²) < 4.78 is 0. The zero-order valence-corrected chi connectivity index (χ0v) is 4.55. The minimum atomic E-state index is -0.839. The standard InChI is InChI=1S/C3H7N3O3/c4-6-3(9)5-2(8)1-7/h7H,1,4H2,(H2,5,6,8,9). The molecule has 6 heteroatoms. The molecule has 0 spiro atoms. The Balaban J connectivity index is 3.47. The monoisotopic (exact) mass is 133 g/mol. The van der Waals surface area contributed by atoms with E-state index in [4.69, 9.17) is 5.11 Å². The summed E-state index contributed by atoms with van der Waals surface area (Å²) in [6.45, 7) is -0.729. The maximum Gasteiger partial charge on any atom is 0.335 e. The topological polar surface area (TPSA) is 104 Å². The number of aliphatic hydroxyl groups is 1. The van der Waals surface area contributed by atoms with E-state index in [2.05, 4.69) is 5.84 Å². The summed E-state index contributed by atoms with van der Waals surface area (Å²) in [7, 11) is 0.